The van der Waals surface area contributed by atoms with E-state index >= 15 is 0 Å². The van der Waals surface area contributed by atoms with Gasteiger partial charge < -0.3 is 38.7 Å². The van der Waals surface area contributed by atoms with Gasteiger partial charge in [-0.1, -0.05) is 90.8 Å². The van der Waals surface area contributed by atoms with E-state index < -0.39 is 29.7 Å². The molecule has 1 amide bonds. The minimum atomic E-state index is -1.51. The molecule has 0 radical (unpaired) electrons. The van der Waals surface area contributed by atoms with Crippen molar-refractivity contribution in [2.75, 3.05) is 52.5 Å². The van der Waals surface area contributed by atoms with Crippen molar-refractivity contribution in [1.29, 1.82) is 0 Å². The molecule has 1 aliphatic heterocycles. The smallest absolute Gasteiger partial charge is 0.410 e. The van der Waals surface area contributed by atoms with Crippen LogP contribution in [0.15, 0.2) is 137 Å². The van der Waals surface area contributed by atoms with Crippen molar-refractivity contribution in [3.8, 4) is 11.5 Å². The highest BCUT2D eigenvalue weighted by atomic mass is 32.2. The Kier molecular flexibility index (Phi) is 18.1. The summed E-state index contributed by atoms with van der Waals surface area (Å²) in [6.07, 6.45) is 8.04. The van der Waals surface area contributed by atoms with Crippen LogP contribution in [0.3, 0.4) is 0 Å². The molecule has 3 aliphatic rings. The number of rotatable bonds is 25. The second-order valence-corrected chi connectivity index (χ2v) is 18.0. The average molecular weight is 923 g/mol. The van der Waals surface area contributed by atoms with Gasteiger partial charge in [0.1, 0.15) is 37.1 Å². The Balaban J connectivity index is 1.31. The Hall–Kier alpha value is -5.18. The molecule has 4 aromatic carbocycles. The first kappa shape index (κ1) is 48.7. The molecule has 1 heterocycles. The zero-order chi connectivity index (χ0) is 46.1. The van der Waals surface area contributed by atoms with Crippen molar-refractivity contribution >= 4 is 23.6 Å². The fraction of sp³-hybridized carbons (Fsp3) is 0.434. The largest absolute Gasteiger partial charge is 0.493 e. The summed E-state index contributed by atoms with van der Waals surface area (Å²) < 4.78 is 47.2. The average Bonchev–Trinajstić information content (AvgIpc) is 3.34. The number of unbranched alkanes of at least 4 members (excludes halogenated alkanes) is 2. The standard InChI is InChI=1S/C53H63FN2O9S/c1-3-28-64-53-49(56(36-38-20-22-41(54)23-21-38)52(59)63-30-29-61-37-39-14-6-4-7-15-39)35-47(55-60-2)45-33-40(16-10-12-26-57)44(19-11-13-27-58)50(51(45)53)46-34-42(24-25-48(46)65-53)62-31-32-66-43-17-8-5-9-18-43/h3-9,14-15,17-18,20-25,33-34,40,44,49-51,57-58H,1,10-13,16,19,26-32,35-37H2,2H3/t40-,44+,49-,50+,51+,53+/m0/s1. The number of hydrogen-bond donors (Lipinski definition) is 2. The fourth-order valence-electron chi connectivity index (χ4n) is 9.81. The predicted molar refractivity (Wildman–Crippen MR) is 254 cm³/mol. The molecule has 2 aliphatic carbocycles. The van der Waals surface area contributed by atoms with E-state index in [1.54, 1.807) is 34.9 Å². The van der Waals surface area contributed by atoms with Crippen LogP contribution in [0.4, 0.5) is 9.18 Å². The van der Waals surface area contributed by atoms with Gasteiger partial charge in [0, 0.05) is 48.3 Å². The van der Waals surface area contributed by atoms with E-state index in [2.05, 4.69) is 36.0 Å². The normalized spacial score (nSPS) is 22.3. The molecule has 1 fully saturated rings. The number of nitrogens with zero attached hydrogens (tertiary/aromatic N) is 2. The van der Waals surface area contributed by atoms with Gasteiger partial charge in [0.2, 0.25) is 5.79 Å². The van der Waals surface area contributed by atoms with Crippen LogP contribution in [0.1, 0.15) is 67.6 Å². The number of fused-ring (bicyclic) bond motifs is 2. The molecule has 0 saturated heterocycles. The summed E-state index contributed by atoms with van der Waals surface area (Å²) in [5.41, 5.74) is 4.20. The second kappa shape index (κ2) is 24.5. The van der Waals surface area contributed by atoms with Crippen LogP contribution in [-0.4, -0.2) is 91.3 Å². The zero-order valence-electron chi connectivity index (χ0n) is 37.8. The number of benzene rings is 4. The van der Waals surface area contributed by atoms with E-state index in [4.69, 9.17) is 28.5 Å². The Morgan fingerprint density at radius 3 is 2.39 bits per heavy atom. The lowest BCUT2D eigenvalue weighted by molar-refractivity contribution is -0.256. The molecular formula is C53H63FN2O9S. The molecule has 66 heavy (non-hydrogen) atoms. The van der Waals surface area contributed by atoms with Crippen molar-refractivity contribution in [3.05, 3.63) is 150 Å². The molecule has 4 aromatic rings. The van der Waals surface area contributed by atoms with Crippen molar-refractivity contribution in [3.63, 3.8) is 0 Å². The van der Waals surface area contributed by atoms with E-state index in [-0.39, 0.29) is 63.8 Å². The van der Waals surface area contributed by atoms with Gasteiger partial charge in [-0.15, -0.1) is 18.3 Å². The summed E-state index contributed by atoms with van der Waals surface area (Å²) in [4.78, 5) is 23.2. The van der Waals surface area contributed by atoms with Crippen LogP contribution in [0.5, 0.6) is 11.5 Å². The Labute approximate surface area is 392 Å². The van der Waals surface area contributed by atoms with E-state index in [1.807, 2.05) is 60.7 Å². The number of carbonyl (C=O) groups excluding carboxylic acids is 1. The number of halogens is 1. The van der Waals surface area contributed by atoms with Crippen molar-refractivity contribution in [2.45, 2.75) is 80.7 Å². The van der Waals surface area contributed by atoms with Gasteiger partial charge in [0.05, 0.1) is 38.1 Å². The SMILES string of the molecule is C=CCO[C@@]12Oc3ccc(OCCSc4ccccc4)cc3[C@H]3[C@H](CCCCO)[C@@H](CCCCO)C=C(C(=NOC)C[C@@H]1N(Cc1ccc(F)cc1)C(=O)OCCOCc1ccccc1)[C@H]32. The van der Waals surface area contributed by atoms with Crippen LogP contribution < -0.4 is 9.47 Å². The van der Waals surface area contributed by atoms with Crippen LogP contribution in [0.2, 0.25) is 0 Å². The highest BCUT2D eigenvalue weighted by molar-refractivity contribution is 7.99. The number of ether oxygens (including phenoxy) is 5. The Bertz CT molecular complexity index is 2210. The second-order valence-electron chi connectivity index (χ2n) is 16.9. The van der Waals surface area contributed by atoms with Gasteiger partial charge in [0.15, 0.2) is 0 Å². The van der Waals surface area contributed by atoms with E-state index in [0.29, 0.717) is 48.8 Å². The number of carbonyl (C=O) groups is 1. The maximum atomic E-state index is 14.8. The van der Waals surface area contributed by atoms with E-state index in [0.717, 1.165) is 48.1 Å². The minimum absolute atomic E-state index is 0.0200. The third kappa shape index (κ3) is 12.0. The maximum Gasteiger partial charge on any atom is 0.410 e. The molecule has 7 rings (SSSR count). The first-order chi connectivity index (χ1) is 32.4. The lowest BCUT2D eigenvalue weighted by atomic mass is 9.55. The van der Waals surface area contributed by atoms with Gasteiger partial charge in [-0.25, -0.2) is 9.18 Å². The van der Waals surface area contributed by atoms with Crippen molar-refractivity contribution in [1.82, 2.24) is 4.90 Å². The summed E-state index contributed by atoms with van der Waals surface area (Å²) >= 11 is 1.73. The molecule has 11 nitrogen and oxygen atoms in total. The summed E-state index contributed by atoms with van der Waals surface area (Å²) in [5.74, 6) is -0.493. The van der Waals surface area contributed by atoms with Crippen LogP contribution in [-0.2, 0) is 32.2 Å². The Morgan fingerprint density at radius 1 is 0.924 bits per heavy atom. The molecule has 0 aromatic heterocycles. The van der Waals surface area contributed by atoms with Gasteiger partial charge in [-0.2, -0.15) is 0 Å². The van der Waals surface area contributed by atoms with Gasteiger partial charge in [-0.3, -0.25) is 4.90 Å². The van der Waals surface area contributed by atoms with Gasteiger partial charge >= 0.3 is 6.09 Å². The first-order valence-electron chi connectivity index (χ1n) is 23.1. The number of thioether (sulfide) groups is 1. The van der Waals surface area contributed by atoms with Crippen LogP contribution >= 0.6 is 11.8 Å². The summed E-state index contributed by atoms with van der Waals surface area (Å²) in [7, 11) is 1.52. The van der Waals surface area contributed by atoms with Crippen molar-refractivity contribution < 1.29 is 47.9 Å². The first-order valence-corrected chi connectivity index (χ1v) is 24.1. The Morgan fingerprint density at radius 2 is 1.67 bits per heavy atom. The van der Waals surface area contributed by atoms with Crippen molar-refractivity contribution in [2.24, 2.45) is 22.9 Å². The number of hydrogen-bond acceptors (Lipinski definition) is 11. The minimum Gasteiger partial charge on any atom is -0.493 e. The van der Waals surface area contributed by atoms with Crippen LogP contribution in [0, 0.1) is 23.6 Å². The highest BCUT2D eigenvalue weighted by Gasteiger charge is 2.65. The number of aliphatic hydroxyl groups excluding tert-OH is 2. The van der Waals surface area contributed by atoms with Gasteiger partial charge in [0.25, 0.3) is 0 Å². The number of allylic oxidation sites excluding steroid dienone is 1. The molecule has 13 heteroatoms. The topological polar surface area (TPSA) is 129 Å². The highest BCUT2D eigenvalue weighted by Crippen LogP contribution is 2.62. The van der Waals surface area contributed by atoms with E-state index in [1.165, 1.54) is 24.1 Å². The molecule has 2 N–H and O–H groups in total. The lowest BCUT2D eigenvalue weighted by Gasteiger charge is -2.59. The molecule has 352 valence electrons. The summed E-state index contributed by atoms with van der Waals surface area (Å²) in [6, 6.07) is 31.2. The summed E-state index contributed by atoms with van der Waals surface area (Å²) in [6.45, 7) is 5.33. The third-order valence-corrected chi connectivity index (χ3v) is 13.6. The predicted octanol–water partition coefficient (Wildman–Crippen LogP) is 10.1. The summed E-state index contributed by atoms with van der Waals surface area (Å²) in [5, 5.41) is 24.6. The zero-order valence-corrected chi connectivity index (χ0v) is 38.6. The number of aliphatic hydroxyl groups is 2. The molecule has 0 spiro atoms. The quantitative estimate of drug-likeness (QED) is 0.0287. The number of oxime groups is 1. The van der Waals surface area contributed by atoms with Crippen LogP contribution in [0.25, 0.3) is 0 Å². The number of amides is 1. The molecule has 0 bridgehead atoms. The van der Waals surface area contributed by atoms with E-state index in [9.17, 15) is 19.4 Å². The van der Waals surface area contributed by atoms with Gasteiger partial charge in [-0.05, 0) is 96.7 Å². The maximum absolute atomic E-state index is 14.8. The monoisotopic (exact) mass is 922 g/mol. The molecule has 6 atom stereocenters. The fourth-order valence-corrected chi connectivity index (χ4v) is 10.6. The molecule has 0 unspecified atom stereocenters. The lowest BCUT2D eigenvalue weighted by Crippen LogP contribution is -2.70. The third-order valence-electron chi connectivity index (χ3n) is 12.7. The molecular weight excluding hydrogens is 860 g/mol. The molecule has 1 saturated carbocycles.